The Morgan fingerprint density at radius 1 is 1.10 bits per heavy atom. The van der Waals surface area contributed by atoms with E-state index in [1.165, 1.54) is 9.79 Å². The van der Waals surface area contributed by atoms with Crippen LogP contribution in [0, 0.1) is 0 Å². The molecule has 0 saturated carbocycles. The van der Waals surface area contributed by atoms with E-state index >= 15 is 0 Å². The Morgan fingerprint density at radius 2 is 1.76 bits per heavy atom. The number of nitrogens with one attached hydrogen (secondary N) is 1. The molecule has 110 valence electrons. The lowest BCUT2D eigenvalue weighted by Crippen LogP contribution is -2.32. The maximum absolute atomic E-state index is 11.5. The molecule has 0 aliphatic carbocycles. The van der Waals surface area contributed by atoms with Crippen LogP contribution in [-0.4, -0.2) is 18.2 Å². The summed E-state index contributed by atoms with van der Waals surface area (Å²) in [5.74, 6) is -0.178. The summed E-state index contributed by atoms with van der Waals surface area (Å²) >= 11 is 3.43. The summed E-state index contributed by atoms with van der Waals surface area (Å²) in [6.45, 7) is 1.66. The summed E-state index contributed by atoms with van der Waals surface area (Å²) in [5, 5.41) is 2.77. The molecule has 0 fully saturated rings. The number of benzene rings is 2. The van der Waals surface area contributed by atoms with Crippen molar-refractivity contribution in [3.05, 3.63) is 48.5 Å². The fourth-order valence-corrected chi connectivity index (χ4v) is 3.07. The average molecular weight is 318 g/mol. The zero-order chi connectivity index (χ0) is 15.2. The maximum Gasteiger partial charge on any atom is 0.240 e. The van der Waals surface area contributed by atoms with Crippen LogP contribution < -0.4 is 11.1 Å². The van der Waals surface area contributed by atoms with E-state index in [0.29, 0.717) is 0 Å². The van der Waals surface area contributed by atoms with Gasteiger partial charge >= 0.3 is 0 Å². The summed E-state index contributed by atoms with van der Waals surface area (Å²) < 4.78 is 0. The third-order valence-electron chi connectivity index (χ3n) is 2.81. The van der Waals surface area contributed by atoms with Gasteiger partial charge in [-0.2, -0.15) is 0 Å². The van der Waals surface area contributed by atoms with Gasteiger partial charge in [-0.05, 0) is 55.6 Å². The predicted octanol–water partition coefficient (Wildman–Crippen LogP) is 3.85. The number of amides is 1. The van der Waals surface area contributed by atoms with Gasteiger partial charge in [0.2, 0.25) is 5.91 Å². The lowest BCUT2D eigenvalue weighted by molar-refractivity contribution is -0.117. The van der Waals surface area contributed by atoms with Gasteiger partial charge in [-0.15, -0.1) is 11.8 Å². The maximum atomic E-state index is 11.5. The van der Waals surface area contributed by atoms with E-state index in [-0.39, 0.29) is 5.91 Å². The molecule has 2 rings (SSSR count). The Labute approximate surface area is 133 Å². The van der Waals surface area contributed by atoms with Gasteiger partial charge in [-0.3, -0.25) is 4.79 Å². The van der Waals surface area contributed by atoms with Crippen molar-refractivity contribution < 1.29 is 4.79 Å². The number of hydrogen-bond acceptors (Lipinski definition) is 4. The van der Waals surface area contributed by atoms with Gasteiger partial charge in [0.15, 0.2) is 0 Å². The Hall–Kier alpha value is -1.43. The predicted molar refractivity (Wildman–Crippen MR) is 91.1 cm³/mol. The zero-order valence-corrected chi connectivity index (χ0v) is 13.6. The summed E-state index contributed by atoms with van der Waals surface area (Å²) in [6, 6.07) is 15.7. The van der Waals surface area contributed by atoms with Crippen LogP contribution in [0.25, 0.3) is 0 Å². The molecular weight excluding hydrogens is 300 g/mol. The minimum absolute atomic E-state index is 0.178. The van der Waals surface area contributed by atoms with Crippen molar-refractivity contribution in [1.29, 1.82) is 0 Å². The standard InChI is InChI=1S/C16H18N2OS2/c1-11(17)16(19)18-12-6-8-13(9-7-12)21-15-5-3-4-14(10-15)20-2/h3-11H,17H2,1-2H3,(H,18,19). The molecule has 2 aromatic carbocycles. The molecule has 2 aromatic rings. The highest BCUT2D eigenvalue weighted by atomic mass is 32.2. The largest absolute Gasteiger partial charge is 0.325 e. The summed E-state index contributed by atoms with van der Waals surface area (Å²) in [4.78, 5) is 15.1. The molecule has 1 unspecified atom stereocenters. The highest BCUT2D eigenvalue weighted by Crippen LogP contribution is 2.30. The van der Waals surface area contributed by atoms with E-state index in [1.54, 1.807) is 30.4 Å². The van der Waals surface area contributed by atoms with Crippen molar-refractivity contribution in [2.75, 3.05) is 11.6 Å². The Balaban J connectivity index is 2.03. The van der Waals surface area contributed by atoms with E-state index in [1.807, 2.05) is 24.3 Å². The summed E-state index contributed by atoms with van der Waals surface area (Å²) in [6.07, 6.45) is 2.07. The fourth-order valence-electron chi connectivity index (χ4n) is 1.66. The van der Waals surface area contributed by atoms with Crippen molar-refractivity contribution in [3.63, 3.8) is 0 Å². The number of rotatable bonds is 5. The van der Waals surface area contributed by atoms with E-state index < -0.39 is 6.04 Å². The molecule has 0 aliphatic heterocycles. The molecule has 0 bridgehead atoms. The number of carbonyl (C=O) groups excluding carboxylic acids is 1. The van der Waals surface area contributed by atoms with Gasteiger partial charge in [0.05, 0.1) is 6.04 Å². The topological polar surface area (TPSA) is 55.1 Å². The van der Waals surface area contributed by atoms with Gasteiger partial charge < -0.3 is 11.1 Å². The molecule has 0 aliphatic rings. The molecule has 5 heteroatoms. The number of hydrogen-bond donors (Lipinski definition) is 2. The molecule has 0 saturated heterocycles. The molecule has 0 radical (unpaired) electrons. The molecule has 1 atom stereocenters. The lowest BCUT2D eigenvalue weighted by Gasteiger charge is -2.08. The first-order valence-electron chi connectivity index (χ1n) is 6.57. The van der Waals surface area contributed by atoms with Crippen LogP contribution in [-0.2, 0) is 4.79 Å². The first-order chi connectivity index (χ1) is 10.1. The van der Waals surface area contributed by atoms with Crippen LogP contribution in [0.4, 0.5) is 5.69 Å². The third kappa shape index (κ3) is 4.81. The number of carbonyl (C=O) groups is 1. The monoisotopic (exact) mass is 318 g/mol. The van der Waals surface area contributed by atoms with Crippen LogP contribution in [0.3, 0.4) is 0 Å². The second-order valence-electron chi connectivity index (χ2n) is 4.58. The van der Waals surface area contributed by atoms with Crippen molar-refractivity contribution >= 4 is 35.1 Å². The van der Waals surface area contributed by atoms with Gasteiger partial charge in [-0.1, -0.05) is 17.8 Å². The quantitative estimate of drug-likeness (QED) is 0.822. The molecule has 1 amide bonds. The SMILES string of the molecule is CSc1cccc(Sc2ccc(NC(=O)C(C)N)cc2)c1. The van der Waals surface area contributed by atoms with Gasteiger partial charge in [0, 0.05) is 20.4 Å². The number of nitrogens with two attached hydrogens (primary N) is 1. The van der Waals surface area contributed by atoms with Crippen molar-refractivity contribution in [2.24, 2.45) is 5.73 Å². The average Bonchev–Trinajstić information content (AvgIpc) is 2.49. The number of anilines is 1. The van der Waals surface area contributed by atoms with Crippen molar-refractivity contribution in [3.8, 4) is 0 Å². The normalized spacial score (nSPS) is 12.0. The van der Waals surface area contributed by atoms with E-state index in [4.69, 9.17) is 5.73 Å². The first kappa shape index (κ1) is 15.9. The van der Waals surface area contributed by atoms with Gasteiger partial charge in [0.25, 0.3) is 0 Å². The Bertz CT molecular complexity index is 612. The highest BCUT2D eigenvalue weighted by Gasteiger charge is 2.07. The minimum atomic E-state index is -0.506. The number of thioether (sulfide) groups is 1. The van der Waals surface area contributed by atoms with E-state index in [0.717, 1.165) is 10.6 Å². The van der Waals surface area contributed by atoms with Crippen LogP contribution in [0.5, 0.6) is 0 Å². The molecule has 3 N–H and O–H groups in total. The van der Waals surface area contributed by atoms with Gasteiger partial charge in [-0.25, -0.2) is 0 Å². The third-order valence-corrected chi connectivity index (χ3v) is 4.54. The zero-order valence-electron chi connectivity index (χ0n) is 12.0. The van der Waals surface area contributed by atoms with E-state index in [2.05, 4.69) is 35.8 Å². The van der Waals surface area contributed by atoms with Crippen LogP contribution in [0.1, 0.15) is 6.92 Å². The van der Waals surface area contributed by atoms with Crippen LogP contribution in [0.2, 0.25) is 0 Å². The Morgan fingerprint density at radius 3 is 2.38 bits per heavy atom. The van der Waals surface area contributed by atoms with Crippen LogP contribution >= 0.6 is 23.5 Å². The second-order valence-corrected chi connectivity index (χ2v) is 6.61. The molecule has 3 nitrogen and oxygen atoms in total. The molecular formula is C16H18N2OS2. The molecule has 0 heterocycles. The van der Waals surface area contributed by atoms with Crippen LogP contribution in [0.15, 0.2) is 63.2 Å². The lowest BCUT2D eigenvalue weighted by atomic mass is 10.3. The first-order valence-corrected chi connectivity index (χ1v) is 8.61. The van der Waals surface area contributed by atoms with Crippen molar-refractivity contribution in [2.45, 2.75) is 27.7 Å². The van der Waals surface area contributed by atoms with E-state index in [9.17, 15) is 4.79 Å². The summed E-state index contributed by atoms with van der Waals surface area (Å²) in [7, 11) is 0. The highest BCUT2D eigenvalue weighted by molar-refractivity contribution is 7.99. The second kappa shape index (κ2) is 7.54. The Kier molecular flexibility index (Phi) is 5.73. The summed E-state index contributed by atoms with van der Waals surface area (Å²) in [5.41, 5.74) is 6.29. The fraction of sp³-hybridized carbons (Fsp3) is 0.188. The van der Waals surface area contributed by atoms with Crippen molar-refractivity contribution in [1.82, 2.24) is 0 Å². The smallest absolute Gasteiger partial charge is 0.240 e. The molecule has 21 heavy (non-hydrogen) atoms. The minimum Gasteiger partial charge on any atom is -0.325 e. The van der Waals surface area contributed by atoms with Gasteiger partial charge in [0.1, 0.15) is 0 Å². The molecule has 0 spiro atoms. The molecule has 0 aromatic heterocycles.